The molecule has 16 nitrogen and oxygen atoms in total. The van der Waals surface area contributed by atoms with E-state index in [4.69, 9.17) is 30.6 Å². The number of hydrogen-bond acceptors (Lipinski definition) is 4. The van der Waals surface area contributed by atoms with Crippen molar-refractivity contribution in [2.24, 2.45) is 0 Å². The van der Waals surface area contributed by atoms with E-state index >= 15 is 0 Å². The summed E-state index contributed by atoms with van der Waals surface area (Å²) in [7, 11) is 0. The topological polar surface area (TPSA) is 373 Å². The molecule has 17 heavy (non-hydrogen) atoms. The summed E-state index contributed by atoms with van der Waals surface area (Å²) in [6, 6.07) is 0. The Labute approximate surface area is 111 Å². The van der Waals surface area contributed by atoms with Crippen LogP contribution in [0, 0.1) is 20.2 Å². The second kappa shape index (κ2) is 118. The Morgan fingerprint density at radius 1 is 0.647 bits per heavy atom. The van der Waals surface area contributed by atoms with E-state index in [-0.39, 0.29) is 70.0 Å². The van der Waals surface area contributed by atoms with Gasteiger partial charge in [-0.05, 0) is 0 Å². The molecule has 0 rings (SSSR count). The maximum absolute atomic E-state index is 8.36. The van der Waals surface area contributed by atoms with Gasteiger partial charge in [-0.1, -0.05) is 0 Å². The normalized spacial score (nSPS) is 2.82. The Kier molecular flexibility index (Phi) is 1010. The third-order valence-corrected chi connectivity index (χ3v) is 0. The Balaban J connectivity index is -0.00000000308. The van der Waals surface area contributed by atoms with E-state index in [1.165, 1.54) is 0 Å². The van der Waals surface area contributed by atoms with Crippen LogP contribution >= 0.6 is 0 Å². The summed E-state index contributed by atoms with van der Waals surface area (Å²) in [5, 5.41) is 27.3. The molecular weight excluding hydrogens is 343 g/mol. The van der Waals surface area contributed by atoms with Gasteiger partial charge in [0.25, 0.3) is 10.2 Å². The van der Waals surface area contributed by atoms with Gasteiger partial charge in [0, 0.05) is 0 Å². The van der Waals surface area contributed by atoms with Gasteiger partial charge in [0.2, 0.25) is 0 Å². The number of hydrogen-bond donors (Lipinski definition) is 2. The molecule has 0 aromatic carbocycles. The predicted octanol–water partition coefficient (Wildman–Crippen LogP) is -5.88. The molecule has 0 aliphatic heterocycles. The Bertz CT molecular complexity index is 72.2. The summed E-state index contributed by atoms with van der Waals surface area (Å²) in [6.07, 6.45) is 0. The third-order valence-electron chi connectivity index (χ3n) is 0. The quantitative estimate of drug-likeness (QED) is 0.313. The van der Waals surface area contributed by atoms with E-state index < -0.39 is 10.2 Å². The van der Waals surface area contributed by atoms with E-state index in [9.17, 15) is 0 Å². The summed E-state index contributed by atoms with van der Waals surface area (Å²) in [4.78, 5) is 16.7. The number of nitrogens with zero attached hydrogens (tertiary/aromatic N) is 2. The predicted molar refractivity (Wildman–Crippen MR) is 40.6 cm³/mol. The molecule has 0 aromatic rings. The van der Waals surface area contributed by atoms with Gasteiger partial charge in [0.15, 0.2) is 0 Å². The van der Waals surface area contributed by atoms with Crippen molar-refractivity contribution in [3.05, 3.63) is 20.2 Å². The smallest absolute Gasteiger partial charge is 2.00 e. The second-order valence-electron chi connectivity index (χ2n) is 0.476. The van der Waals surface area contributed by atoms with Gasteiger partial charge in [-0.3, -0.25) is 0 Å². The van der Waals surface area contributed by atoms with Gasteiger partial charge in [-0.25, -0.2) is 0 Å². The van der Waals surface area contributed by atoms with Crippen LogP contribution in [-0.4, -0.2) is 53.4 Å². The fourth-order valence-electron chi connectivity index (χ4n) is 0. The first kappa shape index (κ1) is 145. The molecule has 17 heteroatoms. The SMILES string of the molecule is O.O.O.O.O.O.O=[N+]([O-])O.O=[N+]([O-])O.[O-2].[O-2].[Zr+4]. The van der Waals surface area contributed by atoms with Gasteiger partial charge in [-0.15, -0.1) is 20.2 Å². The first-order valence-electron chi connectivity index (χ1n) is 1.13. The van der Waals surface area contributed by atoms with Crippen LogP contribution in [0.5, 0.6) is 0 Å². The molecule has 0 saturated carbocycles. The van der Waals surface area contributed by atoms with Crippen molar-refractivity contribution in [2.45, 2.75) is 0 Å². The first-order chi connectivity index (χ1) is 3.46. The van der Waals surface area contributed by atoms with Crippen molar-refractivity contribution >= 4 is 0 Å². The molecule has 0 aromatic heterocycles. The number of rotatable bonds is 0. The molecule has 0 amide bonds. The largest absolute Gasteiger partial charge is 4.00 e. The van der Waals surface area contributed by atoms with Gasteiger partial charge in [0.05, 0.1) is 0 Å². The van der Waals surface area contributed by atoms with Gasteiger partial charge in [0.1, 0.15) is 0 Å². The molecule has 14 N–H and O–H groups in total. The summed E-state index contributed by atoms with van der Waals surface area (Å²) in [6.45, 7) is 0. The maximum Gasteiger partial charge on any atom is 4.00 e. The van der Waals surface area contributed by atoms with Crippen molar-refractivity contribution in [1.82, 2.24) is 0 Å². The van der Waals surface area contributed by atoms with E-state index in [0.29, 0.717) is 0 Å². The van der Waals surface area contributed by atoms with Crippen molar-refractivity contribution in [2.75, 3.05) is 0 Å². The van der Waals surface area contributed by atoms with E-state index in [0.717, 1.165) is 0 Å². The Hall–Kier alpha value is -1.04. The van der Waals surface area contributed by atoms with E-state index in [1.54, 1.807) is 0 Å². The average Bonchev–Trinajstić information content (AvgIpc) is 1.25. The minimum atomic E-state index is -1.50. The zero-order valence-electron chi connectivity index (χ0n) is 7.74. The monoisotopic (exact) mass is 356 g/mol. The molecule has 0 atom stereocenters. The molecule has 0 aliphatic carbocycles. The molecule has 0 aliphatic rings. The molecule has 0 saturated heterocycles. The Morgan fingerprint density at radius 2 is 0.647 bits per heavy atom. The van der Waals surface area contributed by atoms with Crippen LogP contribution in [0.25, 0.3) is 0 Å². The summed E-state index contributed by atoms with van der Waals surface area (Å²) >= 11 is 0. The molecule has 0 fully saturated rings. The fraction of sp³-hybridized carbons (Fsp3) is 0. The minimum absolute atomic E-state index is 0. The van der Waals surface area contributed by atoms with Gasteiger partial charge < -0.3 is 54.2 Å². The van der Waals surface area contributed by atoms with Crippen LogP contribution in [0.3, 0.4) is 0 Å². The van der Waals surface area contributed by atoms with Crippen LogP contribution in [-0.2, 0) is 37.2 Å². The zero-order valence-corrected chi connectivity index (χ0v) is 10.2. The van der Waals surface area contributed by atoms with Crippen LogP contribution < -0.4 is 0 Å². The van der Waals surface area contributed by atoms with E-state index in [2.05, 4.69) is 0 Å². The molecule has 112 valence electrons. The van der Waals surface area contributed by atoms with Crippen LogP contribution in [0.4, 0.5) is 0 Å². The second-order valence-corrected chi connectivity index (χ2v) is 0.476. The van der Waals surface area contributed by atoms with Crippen LogP contribution in [0.1, 0.15) is 0 Å². The summed E-state index contributed by atoms with van der Waals surface area (Å²) < 4.78 is 0. The van der Waals surface area contributed by atoms with Crippen molar-refractivity contribution in [1.29, 1.82) is 0 Å². The first-order valence-corrected chi connectivity index (χ1v) is 1.13. The molecule has 0 heterocycles. The van der Waals surface area contributed by atoms with E-state index in [1.807, 2.05) is 0 Å². The van der Waals surface area contributed by atoms with Crippen LogP contribution in [0.2, 0.25) is 0 Å². The molecule has 0 unspecified atom stereocenters. The Morgan fingerprint density at radius 3 is 0.647 bits per heavy atom. The summed E-state index contributed by atoms with van der Waals surface area (Å²) in [5.74, 6) is 0. The summed E-state index contributed by atoms with van der Waals surface area (Å²) in [5.41, 5.74) is 0. The van der Waals surface area contributed by atoms with Crippen molar-refractivity contribution in [3.63, 3.8) is 0 Å². The van der Waals surface area contributed by atoms with Crippen molar-refractivity contribution in [3.8, 4) is 0 Å². The average molecular weight is 357 g/mol. The van der Waals surface area contributed by atoms with Gasteiger partial charge >= 0.3 is 26.2 Å². The molecule has 0 bridgehead atoms. The van der Waals surface area contributed by atoms with Crippen LogP contribution in [0.15, 0.2) is 0 Å². The van der Waals surface area contributed by atoms with Gasteiger partial charge in [-0.2, -0.15) is 0 Å². The maximum atomic E-state index is 8.36. The zero-order chi connectivity index (χ0) is 7.15. The fourth-order valence-corrected chi connectivity index (χ4v) is 0. The standard InChI is InChI=1S/2HNO3.6H2O.2O.Zr/c2*2-1(3)4;;;;;;;;;/h2*(H,2,3,4);6*1H2;;;/q;;;;;;;;2*-2;+4. The minimum Gasteiger partial charge on any atom is -2.00 e. The molecule has 0 spiro atoms. The molecule has 0 radical (unpaired) electrons. The molecular formula is H14N2O14Zr. The van der Waals surface area contributed by atoms with Crippen molar-refractivity contribution < 1.29 is 90.6 Å². The third kappa shape index (κ3) is 2340.